The van der Waals surface area contributed by atoms with Crippen molar-refractivity contribution in [1.29, 1.82) is 0 Å². The molecule has 0 atom stereocenters. The van der Waals surface area contributed by atoms with Gasteiger partial charge in [0.2, 0.25) is 0 Å². The Kier molecular flexibility index (Phi) is 27.2. The molecule has 0 aliphatic carbocycles. The summed E-state index contributed by atoms with van der Waals surface area (Å²) in [6.07, 6.45) is -0.833. The number of hydrogen-bond acceptors (Lipinski definition) is 2. The Hall–Kier alpha value is 0.634. The molecule has 0 rings (SSSR count). The fraction of sp³-hybridized carbons (Fsp3) is 1.00. The minimum absolute atomic E-state index is 0.417. The van der Waals surface area contributed by atoms with E-state index in [1.54, 1.807) is 27.7 Å². The summed E-state index contributed by atoms with van der Waals surface area (Å²) in [5.41, 5.74) is 0. The fourth-order valence-corrected chi connectivity index (χ4v) is 0. The Morgan fingerprint density at radius 2 is 0.818 bits per heavy atom. The van der Waals surface area contributed by atoms with Crippen LogP contribution in [-0.4, -0.2) is 12.2 Å². The normalized spacial score (nSPS) is 7.45. The molecule has 2 nitrogen and oxygen atoms in total. The van der Waals surface area contributed by atoms with Crippen LogP contribution in [0.2, 0.25) is 10.5 Å². The Morgan fingerprint density at radius 1 is 0.818 bits per heavy atom. The second kappa shape index (κ2) is 16.9. The zero-order chi connectivity index (χ0) is 9.86. The molecule has 0 radical (unpaired) electrons. The summed E-state index contributed by atoms with van der Waals surface area (Å²) >= 11 is 0.500. The summed E-state index contributed by atoms with van der Waals surface area (Å²) in [6, 6.07) is 0. The first-order chi connectivity index (χ1) is 4.88. The maximum atomic E-state index is 9.53. The molecule has 0 aromatic heterocycles. The summed E-state index contributed by atoms with van der Waals surface area (Å²) in [6.45, 7) is 6.44. The molecule has 0 bridgehead atoms. The molecular formula is C8H20O2Ti. The van der Waals surface area contributed by atoms with Gasteiger partial charge in [-0.2, -0.15) is 0 Å². The van der Waals surface area contributed by atoms with Gasteiger partial charge in [0.15, 0.2) is 0 Å². The molecule has 0 fully saturated rings. The van der Waals surface area contributed by atoms with Crippen LogP contribution in [0.1, 0.15) is 27.7 Å². The molecule has 0 unspecified atom stereocenters. The van der Waals surface area contributed by atoms with E-state index in [0.717, 1.165) is 0 Å². The Labute approximate surface area is 79.9 Å². The summed E-state index contributed by atoms with van der Waals surface area (Å²) in [4.78, 5) is 0. The zero-order valence-electron chi connectivity index (χ0n) is 8.47. The molecule has 0 aliphatic rings. The predicted octanol–water partition coefficient (Wildman–Crippen LogP) is 0.675. The van der Waals surface area contributed by atoms with Gasteiger partial charge in [0.1, 0.15) is 0 Å². The molecule has 0 spiro atoms. The van der Waals surface area contributed by atoms with E-state index >= 15 is 0 Å². The molecule has 68 valence electrons. The molecule has 0 saturated heterocycles. The van der Waals surface area contributed by atoms with Crippen LogP contribution >= 0.6 is 0 Å². The van der Waals surface area contributed by atoms with E-state index in [4.69, 9.17) is 0 Å². The van der Waals surface area contributed by atoms with Crippen molar-refractivity contribution < 1.29 is 29.4 Å². The number of rotatable bonds is 0. The summed E-state index contributed by atoms with van der Waals surface area (Å²) in [5, 5.41) is 23.6. The minimum atomic E-state index is -0.417. The van der Waals surface area contributed by atoms with Gasteiger partial charge in [-0.25, -0.2) is 0 Å². The molecule has 3 heteroatoms. The Balaban J connectivity index is -0.0000000886. The van der Waals surface area contributed by atoms with Crippen LogP contribution in [0.15, 0.2) is 0 Å². The van der Waals surface area contributed by atoms with Crippen molar-refractivity contribution in [3.05, 3.63) is 0 Å². The molecule has 0 saturated carbocycles. The molecule has 0 amide bonds. The molecule has 0 aromatic carbocycles. The molecule has 0 aromatic rings. The van der Waals surface area contributed by atoms with Crippen molar-refractivity contribution in [2.75, 3.05) is 0 Å². The maximum absolute atomic E-state index is 9.53. The third-order valence-electron chi connectivity index (χ3n) is 0. The Morgan fingerprint density at radius 3 is 0.818 bits per heavy atom. The first-order valence-corrected chi connectivity index (χ1v) is 6.90. The van der Waals surface area contributed by atoms with Gasteiger partial charge in [-0.05, 0) is 0 Å². The average Bonchev–Trinajstić information content (AvgIpc) is 1.60. The quantitative estimate of drug-likeness (QED) is 0.534. The van der Waals surface area contributed by atoms with Gasteiger partial charge in [-0.15, -0.1) is 12.2 Å². The van der Waals surface area contributed by atoms with Crippen molar-refractivity contribution in [2.45, 2.75) is 50.4 Å². The van der Waals surface area contributed by atoms with E-state index in [2.05, 4.69) is 10.5 Å². The average molecular weight is 196 g/mol. The van der Waals surface area contributed by atoms with Gasteiger partial charge < -0.3 is 10.2 Å². The monoisotopic (exact) mass is 196 g/mol. The Bertz CT molecular complexity index is 35.8. The van der Waals surface area contributed by atoms with Crippen LogP contribution < -0.4 is 10.2 Å². The summed E-state index contributed by atoms with van der Waals surface area (Å²) in [5.74, 6) is 0. The van der Waals surface area contributed by atoms with E-state index in [0.29, 0.717) is 19.2 Å². The second-order valence-corrected chi connectivity index (χ2v) is 4.16. The fourth-order valence-electron chi connectivity index (χ4n) is 0. The van der Waals surface area contributed by atoms with Crippen molar-refractivity contribution >= 4 is 0 Å². The van der Waals surface area contributed by atoms with Crippen LogP contribution in [-0.2, 0) is 19.2 Å². The first kappa shape index (κ1) is 17.6. The molecule has 0 heterocycles. The summed E-state index contributed by atoms with van der Waals surface area (Å²) < 4.78 is 0. The van der Waals surface area contributed by atoms with Gasteiger partial charge in [0.25, 0.3) is 0 Å². The molecule has 0 aliphatic heterocycles. The molecule has 0 N–H and O–H groups in total. The van der Waals surface area contributed by atoms with E-state index in [-0.39, 0.29) is 0 Å². The standard InChI is InChI=1S/2C3H7O.2CH3.Ti/c2*1-3(2)4;;;/h2*3H,1-2H3;2*1H3;/q2*-1;;;+2. The second-order valence-electron chi connectivity index (χ2n) is 2.60. The summed E-state index contributed by atoms with van der Waals surface area (Å²) in [7, 11) is 0. The van der Waals surface area contributed by atoms with Gasteiger partial charge in [0, 0.05) is 0 Å². The zero-order valence-corrected chi connectivity index (χ0v) is 10.0. The van der Waals surface area contributed by atoms with Gasteiger partial charge in [0.05, 0.1) is 0 Å². The van der Waals surface area contributed by atoms with Crippen LogP contribution in [0.4, 0.5) is 0 Å². The van der Waals surface area contributed by atoms with E-state index in [1.165, 1.54) is 0 Å². The van der Waals surface area contributed by atoms with E-state index < -0.39 is 12.2 Å². The van der Waals surface area contributed by atoms with E-state index in [1.807, 2.05) is 0 Å². The van der Waals surface area contributed by atoms with Gasteiger partial charge in [-0.3, -0.25) is 0 Å². The first-order valence-electron chi connectivity index (χ1n) is 3.78. The third-order valence-corrected chi connectivity index (χ3v) is 0. The topological polar surface area (TPSA) is 46.1 Å². The molecule has 11 heavy (non-hydrogen) atoms. The van der Waals surface area contributed by atoms with Crippen molar-refractivity contribution in [2.24, 2.45) is 0 Å². The van der Waals surface area contributed by atoms with Gasteiger partial charge >= 0.3 is 29.6 Å². The number of hydrogen-bond donors (Lipinski definition) is 0. The predicted molar refractivity (Wildman–Crippen MR) is 42.0 cm³/mol. The van der Waals surface area contributed by atoms with E-state index in [9.17, 15) is 10.2 Å². The van der Waals surface area contributed by atoms with Crippen LogP contribution in [0.25, 0.3) is 0 Å². The third kappa shape index (κ3) is 1970. The van der Waals surface area contributed by atoms with Crippen molar-refractivity contribution in [3.8, 4) is 0 Å². The SMILES string of the molecule is CC(C)[O-].CC(C)[O-].[CH3][Ti+2][CH3]. The van der Waals surface area contributed by atoms with Crippen LogP contribution in [0.3, 0.4) is 0 Å². The van der Waals surface area contributed by atoms with Crippen molar-refractivity contribution in [1.82, 2.24) is 0 Å². The van der Waals surface area contributed by atoms with Gasteiger partial charge in [-0.1, -0.05) is 27.7 Å². The molecular weight excluding hydrogens is 176 g/mol. The van der Waals surface area contributed by atoms with Crippen molar-refractivity contribution in [3.63, 3.8) is 0 Å². The van der Waals surface area contributed by atoms with Crippen LogP contribution in [0.5, 0.6) is 0 Å². The van der Waals surface area contributed by atoms with Crippen LogP contribution in [0, 0.1) is 0 Å².